The van der Waals surface area contributed by atoms with Gasteiger partial charge in [-0.25, -0.2) is 10.4 Å². The molecule has 2 aliphatic rings. The van der Waals surface area contributed by atoms with Crippen molar-refractivity contribution in [3.8, 4) is 5.75 Å². The molecule has 4 rings (SSSR count). The van der Waals surface area contributed by atoms with E-state index in [-0.39, 0.29) is 18.9 Å². The van der Waals surface area contributed by atoms with E-state index in [0.29, 0.717) is 58.3 Å². The largest absolute Gasteiger partial charge is 0.494 e. The van der Waals surface area contributed by atoms with Gasteiger partial charge in [0, 0.05) is 47.2 Å². The van der Waals surface area contributed by atoms with Gasteiger partial charge in [-0.2, -0.15) is 0 Å². The summed E-state index contributed by atoms with van der Waals surface area (Å²) < 4.78 is 12.0. The lowest BCUT2D eigenvalue weighted by Gasteiger charge is -2.30. The maximum Gasteiger partial charge on any atom is 0.266 e. The molecule has 0 bridgehead atoms. The summed E-state index contributed by atoms with van der Waals surface area (Å²) in [6.07, 6.45) is 7.72. The number of carbonyl (C=O) groups is 1. The summed E-state index contributed by atoms with van der Waals surface area (Å²) in [6.45, 7) is 5.09. The summed E-state index contributed by atoms with van der Waals surface area (Å²) >= 11 is 12.8. The normalized spacial score (nSPS) is 21.4. The van der Waals surface area contributed by atoms with E-state index in [1.807, 2.05) is 24.3 Å². The van der Waals surface area contributed by atoms with Gasteiger partial charge in [-0.05, 0) is 55.2 Å². The Morgan fingerprint density at radius 2 is 1.95 bits per heavy atom. The molecule has 0 aromatic heterocycles. The van der Waals surface area contributed by atoms with Crippen LogP contribution in [0.15, 0.2) is 60.1 Å². The van der Waals surface area contributed by atoms with Crippen LogP contribution in [0.25, 0.3) is 0 Å². The number of aliphatic hydroxyl groups excluding tert-OH is 1. The predicted molar refractivity (Wildman–Crippen MR) is 151 cm³/mol. The summed E-state index contributed by atoms with van der Waals surface area (Å²) in [7, 11) is 0. The highest BCUT2D eigenvalue weighted by molar-refractivity contribution is 6.35. The average molecular weight is 561 g/mol. The molecule has 0 radical (unpaired) electrons. The lowest BCUT2D eigenvalue weighted by molar-refractivity contribution is -0.130. The van der Waals surface area contributed by atoms with E-state index in [9.17, 15) is 4.79 Å². The molecule has 0 saturated heterocycles. The van der Waals surface area contributed by atoms with E-state index < -0.39 is 11.6 Å². The predicted octanol–water partition coefficient (Wildman–Crippen LogP) is 5.79. The Balaban J connectivity index is 1.61. The minimum absolute atomic E-state index is 0.0698. The number of hydrazine groups is 1. The molecule has 1 heterocycles. The number of nitrogens with zero attached hydrogens (tertiary/aromatic N) is 1. The number of hydrogen-bond acceptors (Lipinski definition) is 6. The maximum atomic E-state index is 13.8. The molecule has 7 nitrogen and oxygen atoms in total. The second kappa shape index (κ2) is 13.5. The van der Waals surface area contributed by atoms with Gasteiger partial charge in [-0.3, -0.25) is 10.2 Å². The SMILES string of the molecule is C=CC[C@]1(C(=O)NNCC2CCCCC2)N=C(c2ccc(OCCCO)cc2)O[C@H]1c1ccc(Cl)cc1Cl. The first kappa shape index (κ1) is 28.4. The quantitative estimate of drug-likeness (QED) is 0.174. The summed E-state index contributed by atoms with van der Waals surface area (Å²) in [4.78, 5) is 18.7. The van der Waals surface area contributed by atoms with Crippen molar-refractivity contribution in [2.45, 2.75) is 56.6 Å². The van der Waals surface area contributed by atoms with Crippen molar-refractivity contribution in [2.75, 3.05) is 19.8 Å². The van der Waals surface area contributed by atoms with Gasteiger partial charge in [-0.1, -0.05) is 54.6 Å². The zero-order valence-electron chi connectivity index (χ0n) is 21.4. The van der Waals surface area contributed by atoms with Crippen LogP contribution in [0.3, 0.4) is 0 Å². The highest BCUT2D eigenvalue weighted by Gasteiger charge is 2.53. The number of benzene rings is 2. The van der Waals surface area contributed by atoms with Crippen LogP contribution in [0.2, 0.25) is 10.0 Å². The van der Waals surface area contributed by atoms with E-state index in [1.165, 1.54) is 19.3 Å². The topological polar surface area (TPSA) is 92.2 Å². The van der Waals surface area contributed by atoms with Crippen molar-refractivity contribution in [2.24, 2.45) is 10.9 Å². The molecule has 2 atom stereocenters. The summed E-state index contributed by atoms with van der Waals surface area (Å²) in [5.74, 6) is 1.22. The number of rotatable bonds is 12. The van der Waals surface area contributed by atoms with E-state index in [0.717, 1.165) is 12.8 Å². The van der Waals surface area contributed by atoms with Crippen LogP contribution in [0, 0.1) is 5.92 Å². The number of aliphatic hydroxyl groups is 1. The van der Waals surface area contributed by atoms with Gasteiger partial charge >= 0.3 is 0 Å². The highest BCUT2D eigenvalue weighted by atomic mass is 35.5. The molecular formula is C29H35Cl2N3O4. The van der Waals surface area contributed by atoms with Gasteiger partial charge in [0.05, 0.1) is 6.61 Å². The van der Waals surface area contributed by atoms with Crippen LogP contribution in [0.1, 0.15) is 62.2 Å². The van der Waals surface area contributed by atoms with Gasteiger partial charge in [0.1, 0.15) is 5.75 Å². The van der Waals surface area contributed by atoms with Gasteiger partial charge in [-0.15, -0.1) is 6.58 Å². The Labute approximate surface area is 234 Å². The molecule has 38 heavy (non-hydrogen) atoms. The Morgan fingerprint density at radius 1 is 1.18 bits per heavy atom. The molecule has 1 fully saturated rings. The second-order valence-corrected chi connectivity index (χ2v) is 10.6. The average Bonchev–Trinajstić information content (AvgIpc) is 3.30. The molecule has 204 valence electrons. The molecule has 0 spiro atoms. The lowest BCUT2D eigenvalue weighted by atomic mass is 9.84. The molecule has 9 heteroatoms. The molecule has 0 unspecified atom stereocenters. The highest BCUT2D eigenvalue weighted by Crippen LogP contribution is 2.45. The number of carbonyl (C=O) groups excluding carboxylic acids is 1. The van der Waals surface area contributed by atoms with Gasteiger partial charge in [0.2, 0.25) is 5.90 Å². The van der Waals surface area contributed by atoms with Crippen LogP contribution >= 0.6 is 23.2 Å². The van der Waals surface area contributed by atoms with Gasteiger partial charge < -0.3 is 14.6 Å². The number of ether oxygens (including phenoxy) is 2. The minimum atomic E-state index is -1.33. The molecule has 2 aromatic rings. The molecule has 1 aliphatic heterocycles. The standard InChI is InChI=1S/C29H35Cl2N3O4/c1-2-15-29(28(36)34-32-19-20-7-4-3-5-8-20)26(24-14-11-22(30)18-25(24)31)38-27(33-29)21-9-12-23(13-10-21)37-17-6-16-35/h2,9-14,18,20,26,32,35H,1,3-8,15-17,19H2,(H,34,36)/t26-,29-/m0/s1. The number of amides is 1. The van der Waals surface area contributed by atoms with Crippen LogP contribution < -0.4 is 15.6 Å². The third kappa shape index (κ3) is 6.70. The van der Waals surface area contributed by atoms with Crippen molar-refractivity contribution >= 4 is 35.0 Å². The first-order valence-electron chi connectivity index (χ1n) is 13.2. The van der Waals surface area contributed by atoms with E-state index in [2.05, 4.69) is 17.4 Å². The lowest BCUT2D eigenvalue weighted by Crippen LogP contribution is -2.53. The number of nitrogens with one attached hydrogen (secondary N) is 2. The Bertz CT molecular complexity index is 1140. The summed E-state index contributed by atoms with van der Waals surface area (Å²) in [6, 6.07) is 12.4. The minimum Gasteiger partial charge on any atom is -0.494 e. The smallest absolute Gasteiger partial charge is 0.266 e. The molecule has 3 N–H and O–H groups in total. The fourth-order valence-electron chi connectivity index (χ4n) is 5.00. The van der Waals surface area contributed by atoms with Gasteiger partial charge in [0.25, 0.3) is 5.91 Å². The zero-order valence-corrected chi connectivity index (χ0v) is 22.9. The van der Waals surface area contributed by atoms with Crippen LogP contribution in [0.5, 0.6) is 5.75 Å². The maximum absolute atomic E-state index is 13.8. The van der Waals surface area contributed by atoms with Crippen LogP contribution in [-0.2, 0) is 9.53 Å². The first-order chi connectivity index (χ1) is 18.5. The first-order valence-corrected chi connectivity index (χ1v) is 13.9. The molecule has 2 aromatic carbocycles. The monoisotopic (exact) mass is 559 g/mol. The number of halogens is 2. The second-order valence-electron chi connectivity index (χ2n) is 9.79. The van der Waals surface area contributed by atoms with Crippen molar-refractivity contribution in [3.05, 3.63) is 76.3 Å². The number of aliphatic imine (C=N–C) groups is 1. The van der Waals surface area contributed by atoms with Crippen molar-refractivity contribution in [1.82, 2.24) is 10.9 Å². The van der Waals surface area contributed by atoms with E-state index in [1.54, 1.807) is 24.3 Å². The van der Waals surface area contributed by atoms with Crippen LogP contribution in [0.4, 0.5) is 0 Å². The van der Waals surface area contributed by atoms with Crippen LogP contribution in [-0.4, -0.2) is 42.2 Å². The molecule has 1 amide bonds. The molecule has 1 saturated carbocycles. The third-order valence-corrected chi connectivity index (χ3v) is 7.61. The third-order valence-electron chi connectivity index (χ3n) is 7.05. The van der Waals surface area contributed by atoms with Crippen molar-refractivity contribution < 1.29 is 19.4 Å². The fraction of sp³-hybridized carbons (Fsp3) is 0.448. The van der Waals surface area contributed by atoms with Crippen molar-refractivity contribution in [3.63, 3.8) is 0 Å². The number of hydrogen-bond donors (Lipinski definition) is 3. The summed E-state index contributed by atoms with van der Waals surface area (Å²) in [5.41, 5.74) is 6.04. The van der Waals surface area contributed by atoms with Gasteiger partial charge in [0.15, 0.2) is 11.6 Å². The zero-order chi connectivity index (χ0) is 27.0. The summed E-state index contributed by atoms with van der Waals surface area (Å²) in [5, 5.41) is 9.85. The van der Waals surface area contributed by atoms with E-state index in [4.69, 9.17) is 42.8 Å². The fourth-order valence-corrected chi connectivity index (χ4v) is 5.51. The Morgan fingerprint density at radius 3 is 2.63 bits per heavy atom. The van der Waals surface area contributed by atoms with E-state index >= 15 is 0 Å². The Kier molecular flexibility index (Phi) is 10.1. The molecular weight excluding hydrogens is 525 g/mol. The van der Waals surface area contributed by atoms with Crippen molar-refractivity contribution in [1.29, 1.82) is 0 Å². The Hall–Kier alpha value is -2.58. The molecule has 1 aliphatic carbocycles.